The van der Waals surface area contributed by atoms with Crippen molar-refractivity contribution in [1.29, 1.82) is 0 Å². The van der Waals surface area contributed by atoms with Crippen LogP contribution in [0.1, 0.15) is 40.1 Å². The van der Waals surface area contributed by atoms with E-state index in [4.69, 9.17) is 0 Å². The Morgan fingerprint density at radius 1 is 0.920 bits per heavy atom. The standard InChI is InChI=1S/C18H17F3N2O2/c1-11(2)22-16(24)12-6-8-13(9-7-12)17(25)23-15-5-3-4-14(10-15)18(19,20)21/h3-11H,1-2H3,(H,22,24)(H,23,25). The Hall–Kier alpha value is -2.83. The van der Waals surface area contributed by atoms with Crippen LogP contribution in [-0.2, 0) is 6.18 Å². The lowest BCUT2D eigenvalue weighted by molar-refractivity contribution is -0.137. The predicted octanol–water partition coefficient (Wildman–Crippen LogP) is 4.10. The van der Waals surface area contributed by atoms with E-state index in [0.717, 1.165) is 12.1 Å². The van der Waals surface area contributed by atoms with E-state index in [1.54, 1.807) is 0 Å². The van der Waals surface area contributed by atoms with Crippen LogP contribution in [0.15, 0.2) is 48.5 Å². The van der Waals surface area contributed by atoms with E-state index in [9.17, 15) is 22.8 Å². The highest BCUT2D eigenvalue weighted by molar-refractivity contribution is 6.05. The molecule has 0 heterocycles. The summed E-state index contributed by atoms with van der Waals surface area (Å²) in [6, 6.07) is 10.2. The zero-order chi connectivity index (χ0) is 18.6. The van der Waals surface area contributed by atoms with Gasteiger partial charge in [-0.15, -0.1) is 0 Å². The molecule has 2 rings (SSSR count). The molecule has 25 heavy (non-hydrogen) atoms. The molecule has 0 fully saturated rings. The first-order valence-corrected chi connectivity index (χ1v) is 7.56. The van der Waals surface area contributed by atoms with Gasteiger partial charge >= 0.3 is 6.18 Å². The maximum Gasteiger partial charge on any atom is 0.416 e. The molecule has 0 radical (unpaired) electrons. The molecule has 132 valence electrons. The molecule has 2 N–H and O–H groups in total. The number of hydrogen-bond donors (Lipinski definition) is 2. The summed E-state index contributed by atoms with van der Waals surface area (Å²) in [5, 5.41) is 5.13. The first-order chi connectivity index (χ1) is 11.7. The van der Waals surface area contributed by atoms with Gasteiger partial charge in [-0.3, -0.25) is 9.59 Å². The maximum atomic E-state index is 12.7. The molecule has 0 aliphatic carbocycles. The topological polar surface area (TPSA) is 58.2 Å². The van der Waals surface area contributed by atoms with Crippen LogP contribution in [0.2, 0.25) is 0 Å². The van der Waals surface area contributed by atoms with Crippen molar-refractivity contribution >= 4 is 17.5 Å². The maximum absolute atomic E-state index is 12.7. The molecule has 4 nitrogen and oxygen atoms in total. The average molecular weight is 350 g/mol. The molecule has 0 saturated carbocycles. The second-order valence-electron chi connectivity index (χ2n) is 5.74. The Morgan fingerprint density at radius 2 is 1.48 bits per heavy atom. The first-order valence-electron chi connectivity index (χ1n) is 7.56. The van der Waals surface area contributed by atoms with Crippen LogP contribution in [0.5, 0.6) is 0 Å². The number of carbonyl (C=O) groups is 2. The molecule has 0 saturated heterocycles. The molecular formula is C18H17F3N2O2. The summed E-state index contributed by atoms with van der Waals surface area (Å²) >= 11 is 0. The molecule has 0 spiro atoms. The highest BCUT2D eigenvalue weighted by atomic mass is 19.4. The van der Waals surface area contributed by atoms with Gasteiger partial charge in [-0.1, -0.05) is 6.07 Å². The summed E-state index contributed by atoms with van der Waals surface area (Å²) in [5.74, 6) is -0.824. The molecule has 0 bridgehead atoms. The molecule has 0 unspecified atom stereocenters. The van der Waals surface area contributed by atoms with Crippen LogP contribution in [0.4, 0.5) is 18.9 Å². The molecule has 0 aliphatic rings. The first kappa shape index (κ1) is 18.5. The van der Waals surface area contributed by atoms with Crippen molar-refractivity contribution in [3.63, 3.8) is 0 Å². The van der Waals surface area contributed by atoms with E-state index >= 15 is 0 Å². The number of rotatable bonds is 4. The Morgan fingerprint density at radius 3 is 2.00 bits per heavy atom. The lowest BCUT2D eigenvalue weighted by Crippen LogP contribution is -2.30. The summed E-state index contributed by atoms with van der Waals surface area (Å²) in [5.41, 5.74) is -0.171. The molecule has 2 amide bonds. The fraction of sp³-hybridized carbons (Fsp3) is 0.222. The number of halogens is 3. The Labute approximate surface area is 143 Å². The summed E-state index contributed by atoms with van der Waals surface area (Å²) in [7, 11) is 0. The second-order valence-corrected chi connectivity index (χ2v) is 5.74. The van der Waals surface area contributed by atoms with Gasteiger partial charge in [0.25, 0.3) is 11.8 Å². The SMILES string of the molecule is CC(C)NC(=O)c1ccc(C(=O)Nc2cccc(C(F)(F)F)c2)cc1. The smallest absolute Gasteiger partial charge is 0.350 e. The van der Waals surface area contributed by atoms with Gasteiger partial charge in [0.2, 0.25) is 0 Å². The van der Waals surface area contributed by atoms with Gasteiger partial charge in [0.1, 0.15) is 0 Å². The molecule has 2 aromatic rings. The van der Waals surface area contributed by atoms with Gasteiger partial charge in [0, 0.05) is 22.9 Å². The van der Waals surface area contributed by atoms with Crippen LogP contribution in [0, 0.1) is 0 Å². The second kappa shape index (κ2) is 7.38. The zero-order valence-corrected chi connectivity index (χ0v) is 13.6. The van der Waals surface area contributed by atoms with Crippen molar-refractivity contribution in [2.45, 2.75) is 26.1 Å². The summed E-state index contributed by atoms with van der Waals surface area (Å²) in [6.45, 7) is 3.66. The lowest BCUT2D eigenvalue weighted by Gasteiger charge is -2.11. The molecule has 0 aliphatic heterocycles. The third-order valence-corrected chi connectivity index (χ3v) is 3.28. The third kappa shape index (κ3) is 5.07. The van der Waals surface area contributed by atoms with Crippen LogP contribution in [-0.4, -0.2) is 17.9 Å². The normalized spacial score (nSPS) is 11.3. The van der Waals surface area contributed by atoms with Gasteiger partial charge in [-0.2, -0.15) is 13.2 Å². The summed E-state index contributed by atoms with van der Waals surface area (Å²) in [6.07, 6.45) is -4.48. The Balaban J connectivity index is 2.10. The molecule has 7 heteroatoms. The van der Waals surface area contributed by atoms with Crippen LogP contribution < -0.4 is 10.6 Å². The number of carbonyl (C=O) groups excluding carboxylic acids is 2. The fourth-order valence-electron chi connectivity index (χ4n) is 2.10. The van der Waals surface area contributed by atoms with Crippen molar-refractivity contribution in [1.82, 2.24) is 5.32 Å². The zero-order valence-electron chi connectivity index (χ0n) is 13.6. The molecule has 0 atom stereocenters. The van der Waals surface area contributed by atoms with Crippen LogP contribution in [0.3, 0.4) is 0 Å². The number of nitrogens with one attached hydrogen (secondary N) is 2. The van der Waals surface area contributed by atoms with Crippen LogP contribution >= 0.6 is 0 Å². The third-order valence-electron chi connectivity index (χ3n) is 3.28. The number of anilines is 1. The van der Waals surface area contributed by atoms with Crippen molar-refractivity contribution in [2.24, 2.45) is 0 Å². The van der Waals surface area contributed by atoms with E-state index in [-0.39, 0.29) is 23.2 Å². The predicted molar refractivity (Wildman–Crippen MR) is 88.4 cm³/mol. The molecular weight excluding hydrogens is 333 g/mol. The monoisotopic (exact) mass is 350 g/mol. The number of alkyl halides is 3. The number of amides is 2. The number of hydrogen-bond acceptors (Lipinski definition) is 2. The van der Waals surface area contributed by atoms with E-state index in [1.165, 1.54) is 36.4 Å². The highest BCUT2D eigenvalue weighted by Gasteiger charge is 2.30. The minimum absolute atomic E-state index is 0.0172. The average Bonchev–Trinajstić information content (AvgIpc) is 2.54. The van der Waals surface area contributed by atoms with Crippen LogP contribution in [0.25, 0.3) is 0 Å². The summed E-state index contributed by atoms with van der Waals surface area (Å²) in [4.78, 5) is 24.0. The van der Waals surface area contributed by atoms with Gasteiger partial charge in [-0.25, -0.2) is 0 Å². The minimum Gasteiger partial charge on any atom is -0.350 e. The van der Waals surface area contributed by atoms with Crippen molar-refractivity contribution in [3.8, 4) is 0 Å². The van der Waals surface area contributed by atoms with Crippen molar-refractivity contribution in [2.75, 3.05) is 5.32 Å². The van der Waals surface area contributed by atoms with Gasteiger partial charge in [0.05, 0.1) is 5.56 Å². The highest BCUT2D eigenvalue weighted by Crippen LogP contribution is 2.30. The quantitative estimate of drug-likeness (QED) is 0.872. The van der Waals surface area contributed by atoms with Gasteiger partial charge in [-0.05, 0) is 56.3 Å². The number of benzene rings is 2. The summed E-state index contributed by atoms with van der Waals surface area (Å²) < 4.78 is 38.1. The van der Waals surface area contributed by atoms with E-state index < -0.39 is 17.6 Å². The van der Waals surface area contributed by atoms with E-state index in [2.05, 4.69) is 10.6 Å². The molecule has 0 aromatic heterocycles. The van der Waals surface area contributed by atoms with Crippen molar-refractivity contribution < 1.29 is 22.8 Å². The minimum atomic E-state index is -4.48. The van der Waals surface area contributed by atoms with Crippen molar-refractivity contribution in [3.05, 3.63) is 65.2 Å². The Kier molecular flexibility index (Phi) is 5.46. The lowest BCUT2D eigenvalue weighted by atomic mass is 10.1. The largest absolute Gasteiger partial charge is 0.416 e. The fourth-order valence-corrected chi connectivity index (χ4v) is 2.10. The van der Waals surface area contributed by atoms with Gasteiger partial charge < -0.3 is 10.6 Å². The van der Waals surface area contributed by atoms with E-state index in [1.807, 2.05) is 13.8 Å². The molecule has 2 aromatic carbocycles. The van der Waals surface area contributed by atoms with E-state index in [0.29, 0.717) is 5.56 Å². The van der Waals surface area contributed by atoms with Gasteiger partial charge in [0.15, 0.2) is 0 Å². The Bertz CT molecular complexity index is 769.